The largest absolute Gasteiger partial charge is 0.353 e. The summed E-state index contributed by atoms with van der Waals surface area (Å²) in [6.07, 6.45) is 0. The van der Waals surface area contributed by atoms with Gasteiger partial charge in [0.1, 0.15) is 0 Å². The summed E-state index contributed by atoms with van der Waals surface area (Å²) in [4.78, 5) is 30.6. The molecule has 0 aromatic heterocycles. The molecule has 0 bridgehead atoms. The first-order valence-electron chi connectivity index (χ1n) is 9.41. The zero-order chi connectivity index (χ0) is 19.1. The Bertz CT molecular complexity index is 583. The van der Waals surface area contributed by atoms with Crippen molar-refractivity contribution in [2.45, 2.75) is 32.9 Å². The lowest BCUT2D eigenvalue weighted by atomic mass is 10.1. The number of hydrogen-bond donors (Lipinski definition) is 1. The van der Waals surface area contributed by atoms with Crippen molar-refractivity contribution in [3.63, 3.8) is 0 Å². The Kier molecular flexibility index (Phi) is 7.60. The van der Waals surface area contributed by atoms with E-state index in [1.165, 1.54) is 0 Å². The number of likely N-dealkylation sites (N-methyl/N-ethyl adjacent to an activating group) is 1. The van der Waals surface area contributed by atoms with Crippen LogP contribution in [0.1, 0.15) is 32.4 Å². The lowest BCUT2D eigenvalue weighted by molar-refractivity contribution is -0.134. The molecule has 1 atom stereocenters. The van der Waals surface area contributed by atoms with Gasteiger partial charge >= 0.3 is 0 Å². The van der Waals surface area contributed by atoms with Crippen LogP contribution in [-0.4, -0.2) is 78.9 Å². The van der Waals surface area contributed by atoms with E-state index in [1.54, 1.807) is 0 Å². The predicted octanol–water partition coefficient (Wildman–Crippen LogP) is 1.35. The van der Waals surface area contributed by atoms with Gasteiger partial charge in [0.15, 0.2) is 0 Å². The van der Waals surface area contributed by atoms with E-state index in [2.05, 4.69) is 34.2 Å². The lowest BCUT2D eigenvalue weighted by Gasteiger charge is -2.35. The summed E-state index contributed by atoms with van der Waals surface area (Å²) in [7, 11) is 1.87. The minimum Gasteiger partial charge on any atom is -0.353 e. The number of hydrogen-bond acceptors (Lipinski definition) is 4. The summed E-state index contributed by atoms with van der Waals surface area (Å²) >= 11 is 0. The van der Waals surface area contributed by atoms with Gasteiger partial charge in [-0.3, -0.25) is 19.4 Å². The third-order valence-electron chi connectivity index (χ3n) is 4.90. The van der Waals surface area contributed by atoms with Gasteiger partial charge < -0.3 is 10.2 Å². The average molecular weight is 361 g/mol. The quantitative estimate of drug-likeness (QED) is 0.797. The topological polar surface area (TPSA) is 55.9 Å². The summed E-state index contributed by atoms with van der Waals surface area (Å²) in [5, 5.41) is 2.92. The maximum atomic E-state index is 12.6. The van der Waals surface area contributed by atoms with Crippen LogP contribution in [0.2, 0.25) is 0 Å². The number of amides is 2. The fraction of sp³-hybridized carbons (Fsp3) is 0.600. The molecular formula is C20H32N4O2. The molecule has 1 N–H and O–H groups in total. The summed E-state index contributed by atoms with van der Waals surface area (Å²) < 4.78 is 0. The van der Waals surface area contributed by atoms with Crippen molar-refractivity contribution in [1.82, 2.24) is 20.0 Å². The van der Waals surface area contributed by atoms with Crippen LogP contribution >= 0.6 is 0 Å². The fourth-order valence-electron chi connectivity index (χ4n) is 3.15. The molecule has 1 aromatic rings. The number of nitrogens with zero attached hydrogens (tertiary/aromatic N) is 3. The zero-order valence-corrected chi connectivity index (χ0v) is 16.4. The number of benzene rings is 1. The van der Waals surface area contributed by atoms with E-state index < -0.39 is 0 Å². The van der Waals surface area contributed by atoms with E-state index in [-0.39, 0.29) is 23.9 Å². The first-order chi connectivity index (χ1) is 12.4. The van der Waals surface area contributed by atoms with Crippen LogP contribution in [-0.2, 0) is 9.59 Å². The van der Waals surface area contributed by atoms with Crippen molar-refractivity contribution in [3.8, 4) is 0 Å². The van der Waals surface area contributed by atoms with E-state index in [9.17, 15) is 9.59 Å². The van der Waals surface area contributed by atoms with E-state index in [1.807, 2.05) is 44.0 Å². The van der Waals surface area contributed by atoms with Crippen LogP contribution in [0.25, 0.3) is 0 Å². The zero-order valence-electron chi connectivity index (χ0n) is 16.4. The minimum atomic E-state index is 0.0599. The lowest BCUT2D eigenvalue weighted by Crippen LogP contribution is -2.52. The van der Waals surface area contributed by atoms with E-state index in [4.69, 9.17) is 0 Å². The molecule has 1 fully saturated rings. The van der Waals surface area contributed by atoms with Crippen LogP contribution in [0, 0.1) is 0 Å². The van der Waals surface area contributed by atoms with E-state index >= 15 is 0 Å². The Hall–Kier alpha value is -1.92. The number of carbonyl (C=O) groups is 2. The number of nitrogens with one attached hydrogen (secondary N) is 1. The van der Waals surface area contributed by atoms with Crippen molar-refractivity contribution in [2.75, 3.05) is 46.3 Å². The summed E-state index contributed by atoms with van der Waals surface area (Å²) in [6.45, 7) is 10.1. The van der Waals surface area contributed by atoms with Crippen molar-refractivity contribution in [3.05, 3.63) is 35.9 Å². The molecule has 144 valence electrons. The summed E-state index contributed by atoms with van der Waals surface area (Å²) in [6, 6.07) is 10.3. The van der Waals surface area contributed by atoms with Crippen molar-refractivity contribution in [1.29, 1.82) is 0 Å². The monoisotopic (exact) mass is 360 g/mol. The smallest absolute Gasteiger partial charge is 0.236 e. The molecule has 1 aromatic carbocycles. The second-order valence-corrected chi connectivity index (χ2v) is 7.37. The molecule has 1 aliphatic heterocycles. The fourth-order valence-corrected chi connectivity index (χ4v) is 3.15. The first-order valence-corrected chi connectivity index (χ1v) is 9.41. The molecule has 0 saturated carbocycles. The van der Waals surface area contributed by atoms with Gasteiger partial charge in [0.2, 0.25) is 11.8 Å². The number of rotatable bonds is 7. The highest BCUT2D eigenvalue weighted by atomic mass is 16.2. The molecule has 26 heavy (non-hydrogen) atoms. The van der Waals surface area contributed by atoms with Crippen molar-refractivity contribution in [2.24, 2.45) is 0 Å². The Morgan fingerprint density at radius 2 is 1.54 bits per heavy atom. The first kappa shape index (κ1) is 20.4. The van der Waals surface area contributed by atoms with Crippen molar-refractivity contribution >= 4 is 11.8 Å². The average Bonchev–Trinajstić information content (AvgIpc) is 2.62. The van der Waals surface area contributed by atoms with Gasteiger partial charge in [-0.15, -0.1) is 0 Å². The Labute approximate surface area is 157 Å². The second-order valence-electron chi connectivity index (χ2n) is 7.37. The van der Waals surface area contributed by atoms with Gasteiger partial charge in [-0.25, -0.2) is 0 Å². The molecule has 6 heteroatoms. The van der Waals surface area contributed by atoms with Gasteiger partial charge in [-0.2, -0.15) is 0 Å². The molecule has 1 unspecified atom stereocenters. The van der Waals surface area contributed by atoms with E-state index in [0.717, 1.165) is 31.7 Å². The normalized spacial score (nSPS) is 17.1. The SMILES string of the molecule is CC(C)NC(=O)CN1CCN(CC(=O)N(C)C(C)c2ccccc2)CC1. The molecule has 1 heterocycles. The molecule has 2 amide bonds. The predicted molar refractivity (Wildman–Crippen MR) is 104 cm³/mol. The highest BCUT2D eigenvalue weighted by Gasteiger charge is 2.23. The molecule has 2 rings (SSSR count). The molecular weight excluding hydrogens is 328 g/mol. The second kappa shape index (κ2) is 9.69. The third kappa shape index (κ3) is 6.11. The Morgan fingerprint density at radius 1 is 1.00 bits per heavy atom. The maximum Gasteiger partial charge on any atom is 0.236 e. The van der Waals surface area contributed by atoms with Crippen LogP contribution in [0.5, 0.6) is 0 Å². The van der Waals surface area contributed by atoms with Gasteiger partial charge in [0, 0.05) is 39.3 Å². The van der Waals surface area contributed by atoms with Crippen LogP contribution in [0.15, 0.2) is 30.3 Å². The Morgan fingerprint density at radius 3 is 2.08 bits per heavy atom. The van der Waals surface area contributed by atoms with Crippen LogP contribution in [0.3, 0.4) is 0 Å². The molecule has 0 aliphatic carbocycles. The van der Waals surface area contributed by atoms with Gasteiger partial charge in [0.05, 0.1) is 19.1 Å². The summed E-state index contributed by atoms with van der Waals surface area (Å²) in [5.41, 5.74) is 1.14. The van der Waals surface area contributed by atoms with Gasteiger partial charge in [-0.05, 0) is 26.3 Å². The molecule has 6 nitrogen and oxygen atoms in total. The van der Waals surface area contributed by atoms with E-state index in [0.29, 0.717) is 13.1 Å². The Balaban J connectivity index is 1.76. The molecule has 1 saturated heterocycles. The molecule has 0 spiro atoms. The number of piperazine rings is 1. The molecule has 1 aliphatic rings. The molecule has 0 radical (unpaired) electrons. The maximum absolute atomic E-state index is 12.6. The third-order valence-corrected chi connectivity index (χ3v) is 4.90. The standard InChI is InChI=1S/C20H32N4O2/c1-16(2)21-19(25)14-23-10-12-24(13-11-23)15-20(26)22(4)17(3)18-8-6-5-7-9-18/h5-9,16-17H,10-15H2,1-4H3,(H,21,25). The minimum absolute atomic E-state index is 0.0599. The van der Waals surface area contributed by atoms with Crippen LogP contribution in [0.4, 0.5) is 0 Å². The van der Waals surface area contributed by atoms with Gasteiger partial charge in [0.25, 0.3) is 0 Å². The highest BCUT2D eigenvalue weighted by Crippen LogP contribution is 2.18. The van der Waals surface area contributed by atoms with Crippen molar-refractivity contribution < 1.29 is 9.59 Å². The summed E-state index contributed by atoms with van der Waals surface area (Å²) in [5.74, 6) is 0.202. The van der Waals surface area contributed by atoms with Crippen LogP contribution < -0.4 is 5.32 Å². The number of carbonyl (C=O) groups excluding carboxylic acids is 2. The van der Waals surface area contributed by atoms with Gasteiger partial charge in [-0.1, -0.05) is 30.3 Å². The highest BCUT2D eigenvalue weighted by molar-refractivity contribution is 5.79.